The number of methoxy groups -OCH3 is 2. The van der Waals surface area contributed by atoms with Gasteiger partial charge in [0.1, 0.15) is 23.0 Å². The molecule has 0 radical (unpaired) electrons. The molecule has 5 heteroatoms. The van der Waals surface area contributed by atoms with E-state index >= 15 is 0 Å². The zero-order valence-electron chi connectivity index (χ0n) is 20.5. The highest BCUT2D eigenvalue weighted by Crippen LogP contribution is 2.39. The number of furan rings is 1. The van der Waals surface area contributed by atoms with Crippen molar-refractivity contribution in [3.05, 3.63) is 48.5 Å². The van der Waals surface area contributed by atoms with Crippen molar-refractivity contribution in [2.75, 3.05) is 37.9 Å². The molecule has 1 heterocycles. The second kappa shape index (κ2) is 12.8. The SMILES string of the molecule is CCCCCNc1ccc(-c2ccc(-c3ccc(NCCCCC)cc3OC)o2)c(OC)c1. The standard InChI is InChI=1S/C28H38N2O3/c1-5-7-9-17-29-21-11-13-23(27(19-21)31-3)25-15-16-26(33-25)24-14-12-22(20-28(24)32-4)30-18-10-8-6-2/h11-16,19-20,29-30H,5-10,17-18H2,1-4H3. The van der Waals surface area contributed by atoms with Crippen LogP contribution in [0.15, 0.2) is 52.9 Å². The summed E-state index contributed by atoms with van der Waals surface area (Å²) in [7, 11) is 3.39. The molecule has 0 spiro atoms. The molecule has 33 heavy (non-hydrogen) atoms. The lowest BCUT2D eigenvalue weighted by molar-refractivity contribution is 0.413. The van der Waals surface area contributed by atoms with Gasteiger partial charge in [0.25, 0.3) is 0 Å². The molecule has 0 unspecified atom stereocenters. The number of benzene rings is 2. The van der Waals surface area contributed by atoms with Crippen molar-refractivity contribution in [1.29, 1.82) is 0 Å². The van der Waals surface area contributed by atoms with Gasteiger partial charge >= 0.3 is 0 Å². The second-order valence-electron chi connectivity index (χ2n) is 8.26. The number of hydrogen-bond donors (Lipinski definition) is 2. The van der Waals surface area contributed by atoms with E-state index in [0.717, 1.165) is 71.5 Å². The summed E-state index contributed by atoms with van der Waals surface area (Å²) in [6, 6.07) is 16.3. The van der Waals surface area contributed by atoms with Crippen molar-refractivity contribution in [3.8, 4) is 34.1 Å². The molecule has 3 aromatic rings. The second-order valence-corrected chi connectivity index (χ2v) is 8.26. The Hall–Kier alpha value is -3.08. The Bertz CT molecular complexity index is 919. The van der Waals surface area contributed by atoms with E-state index in [1.165, 1.54) is 25.7 Å². The number of ether oxygens (including phenoxy) is 2. The first-order valence-corrected chi connectivity index (χ1v) is 12.1. The van der Waals surface area contributed by atoms with Gasteiger partial charge in [-0.3, -0.25) is 0 Å². The molecule has 0 aliphatic rings. The first-order chi connectivity index (χ1) is 16.2. The van der Waals surface area contributed by atoms with Gasteiger partial charge in [-0.25, -0.2) is 0 Å². The fourth-order valence-corrected chi connectivity index (χ4v) is 3.85. The van der Waals surface area contributed by atoms with Crippen LogP contribution >= 0.6 is 0 Å². The Morgan fingerprint density at radius 3 is 1.48 bits per heavy atom. The molecule has 0 amide bonds. The molecule has 2 N–H and O–H groups in total. The minimum Gasteiger partial charge on any atom is -0.496 e. The highest BCUT2D eigenvalue weighted by molar-refractivity contribution is 5.75. The van der Waals surface area contributed by atoms with Crippen molar-refractivity contribution in [2.24, 2.45) is 0 Å². The van der Waals surface area contributed by atoms with Gasteiger partial charge in [-0.2, -0.15) is 0 Å². The first-order valence-electron chi connectivity index (χ1n) is 12.1. The van der Waals surface area contributed by atoms with Crippen molar-refractivity contribution in [1.82, 2.24) is 0 Å². The molecule has 0 bridgehead atoms. The minimum atomic E-state index is 0.767. The van der Waals surface area contributed by atoms with Gasteiger partial charge in [-0.1, -0.05) is 39.5 Å². The zero-order chi connectivity index (χ0) is 23.5. The summed E-state index contributed by atoms with van der Waals surface area (Å²) in [4.78, 5) is 0. The van der Waals surface area contributed by atoms with Crippen molar-refractivity contribution >= 4 is 11.4 Å². The third-order valence-electron chi connectivity index (χ3n) is 5.76. The van der Waals surface area contributed by atoms with E-state index in [1.807, 2.05) is 36.4 Å². The lowest BCUT2D eigenvalue weighted by atomic mass is 10.1. The monoisotopic (exact) mass is 450 g/mol. The largest absolute Gasteiger partial charge is 0.496 e. The van der Waals surface area contributed by atoms with E-state index in [2.05, 4.69) is 36.6 Å². The molecule has 0 aliphatic carbocycles. The lowest BCUT2D eigenvalue weighted by Gasteiger charge is -2.12. The minimum absolute atomic E-state index is 0.767. The molecule has 0 atom stereocenters. The summed E-state index contributed by atoms with van der Waals surface area (Å²) in [5, 5.41) is 6.95. The Balaban J connectivity index is 1.76. The van der Waals surface area contributed by atoms with Gasteiger partial charge in [-0.05, 0) is 49.2 Å². The van der Waals surface area contributed by atoms with E-state index in [9.17, 15) is 0 Å². The van der Waals surface area contributed by atoms with Crippen LogP contribution in [0, 0.1) is 0 Å². The third kappa shape index (κ3) is 6.70. The molecule has 178 valence electrons. The molecule has 0 fully saturated rings. The molecule has 5 nitrogen and oxygen atoms in total. The fourth-order valence-electron chi connectivity index (χ4n) is 3.85. The molecule has 0 saturated carbocycles. The van der Waals surface area contributed by atoms with Gasteiger partial charge in [0, 0.05) is 36.6 Å². The van der Waals surface area contributed by atoms with Crippen LogP contribution in [0.2, 0.25) is 0 Å². The maximum atomic E-state index is 6.25. The summed E-state index contributed by atoms with van der Waals surface area (Å²) in [6.45, 7) is 6.35. The van der Waals surface area contributed by atoms with Crippen LogP contribution in [0.4, 0.5) is 11.4 Å². The maximum Gasteiger partial charge on any atom is 0.138 e. The van der Waals surface area contributed by atoms with E-state index < -0.39 is 0 Å². The van der Waals surface area contributed by atoms with E-state index in [0.29, 0.717) is 0 Å². The summed E-state index contributed by atoms with van der Waals surface area (Å²) in [6.07, 6.45) is 7.23. The van der Waals surface area contributed by atoms with Gasteiger partial charge in [0.05, 0.1) is 25.3 Å². The summed E-state index contributed by atoms with van der Waals surface area (Å²) >= 11 is 0. The van der Waals surface area contributed by atoms with Crippen molar-refractivity contribution < 1.29 is 13.9 Å². The highest BCUT2D eigenvalue weighted by atomic mass is 16.5. The lowest BCUT2D eigenvalue weighted by Crippen LogP contribution is -2.01. The number of rotatable bonds is 14. The smallest absolute Gasteiger partial charge is 0.138 e. The van der Waals surface area contributed by atoms with Crippen molar-refractivity contribution in [2.45, 2.75) is 52.4 Å². The summed E-state index contributed by atoms with van der Waals surface area (Å²) in [5.41, 5.74) is 3.97. The first kappa shape index (κ1) is 24.6. The number of unbranched alkanes of at least 4 members (excludes halogenated alkanes) is 4. The highest BCUT2D eigenvalue weighted by Gasteiger charge is 2.15. The molecule has 0 saturated heterocycles. The Labute approximate surface area is 198 Å². The molecule has 1 aromatic heterocycles. The zero-order valence-corrected chi connectivity index (χ0v) is 20.5. The van der Waals surface area contributed by atoms with Crippen molar-refractivity contribution in [3.63, 3.8) is 0 Å². The quantitative estimate of drug-likeness (QED) is 0.245. The number of nitrogens with one attached hydrogen (secondary N) is 2. The van der Waals surface area contributed by atoms with E-state index in [4.69, 9.17) is 13.9 Å². The topological polar surface area (TPSA) is 55.7 Å². The normalized spacial score (nSPS) is 10.8. The van der Waals surface area contributed by atoms with E-state index in [-0.39, 0.29) is 0 Å². The van der Waals surface area contributed by atoms with Gasteiger partial charge in [0.2, 0.25) is 0 Å². The van der Waals surface area contributed by atoms with Gasteiger partial charge < -0.3 is 24.5 Å². The molecule has 0 aliphatic heterocycles. The summed E-state index contributed by atoms with van der Waals surface area (Å²) < 4.78 is 17.6. The van der Waals surface area contributed by atoms with Crippen LogP contribution in [-0.2, 0) is 0 Å². The molecular weight excluding hydrogens is 412 g/mol. The fraction of sp³-hybridized carbons (Fsp3) is 0.429. The average molecular weight is 451 g/mol. The van der Waals surface area contributed by atoms with Crippen LogP contribution in [0.3, 0.4) is 0 Å². The molecule has 3 rings (SSSR count). The van der Waals surface area contributed by atoms with Crippen LogP contribution in [0.1, 0.15) is 52.4 Å². The molecule has 2 aromatic carbocycles. The van der Waals surface area contributed by atoms with Crippen LogP contribution < -0.4 is 20.1 Å². The Kier molecular flexibility index (Phi) is 9.55. The third-order valence-corrected chi connectivity index (χ3v) is 5.76. The van der Waals surface area contributed by atoms with E-state index in [1.54, 1.807) is 14.2 Å². The Morgan fingerprint density at radius 2 is 1.09 bits per heavy atom. The van der Waals surface area contributed by atoms with Crippen LogP contribution in [-0.4, -0.2) is 27.3 Å². The van der Waals surface area contributed by atoms with Gasteiger partial charge in [-0.15, -0.1) is 0 Å². The van der Waals surface area contributed by atoms with Crippen LogP contribution in [0.5, 0.6) is 11.5 Å². The summed E-state index contributed by atoms with van der Waals surface area (Å²) in [5.74, 6) is 3.11. The van der Waals surface area contributed by atoms with Gasteiger partial charge in [0.15, 0.2) is 0 Å². The predicted octanol–water partition coefficient (Wildman–Crippen LogP) is 7.84. The number of hydrogen-bond acceptors (Lipinski definition) is 5. The predicted molar refractivity (Wildman–Crippen MR) is 139 cm³/mol. The van der Waals surface area contributed by atoms with Crippen LogP contribution in [0.25, 0.3) is 22.6 Å². The maximum absolute atomic E-state index is 6.25. The Morgan fingerprint density at radius 1 is 0.636 bits per heavy atom. The average Bonchev–Trinajstić information content (AvgIpc) is 3.34. The molecular formula is C28H38N2O3. The number of anilines is 2.